The number of hydrogen-bond donors (Lipinski definition) is 2. The van der Waals surface area contributed by atoms with Crippen LogP contribution in [0.2, 0.25) is 0 Å². The van der Waals surface area contributed by atoms with Gasteiger partial charge in [0.1, 0.15) is 12.4 Å². The van der Waals surface area contributed by atoms with E-state index in [-0.39, 0.29) is 12.1 Å². The predicted octanol–water partition coefficient (Wildman–Crippen LogP) is 4.51. The number of urea groups is 1. The van der Waals surface area contributed by atoms with E-state index in [1.807, 2.05) is 71.0 Å². The van der Waals surface area contributed by atoms with Crippen molar-refractivity contribution < 1.29 is 9.53 Å². The largest absolute Gasteiger partial charge is 0.491 e. The molecule has 128 valence electrons. The van der Waals surface area contributed by atoms with Gasteiger partial charge in [-0.3, -0.25) is 0 Å². The Morgan fingerprint density at radius 3 is 2.00 bits per heavy atom. The number of hydrogen-bond acceptors (Lipinski definition) is 2. The number of benzene rings is 2. The molecule has 0 saturated heterocycles. The van der Waals surface area contributed by atoms with Crippen molar-refractivity contribution in [1.82, 2.24) is 5.32 Å². The van der Waals surface area contributed by atoms with Crippen LogP contribution in [0.1, 0.15) is 29.2 Å². The Kier molecular flexibility index (Phi) is 5.85. The van der Waals surface area contributed by atoms with Crippen LogP contribution in [0.25, 0.3) is 0 Å². The van der Waals surface area contributed by atoms with Crippen LogP contribution in [0, 0.1) is 27.7 Å². The highest BCUT2D eigenvalue weighted by Gasteiger charge is 2.12. The fourth-order valence-corrected chi connectivity index (χ4v) is 2.66. The van der Waals surface area contributed by atoms with E-state index in [1.54, 1.807) is 0 Å². The molecule has 0 heterocycles. The van der Waals surface area contributed by atoms with E-state index in [2.05, 4.69) is 10.6 Å². The lowest BCUT2D eigenvalue weighted by Crippen LogP contribution is -2.39. The maximum absolute atomic E-state index is 12.2. The number of aryl methyl sites for hydroxylation is 4. The average Bonchev–Trinajstić information content (AvgIpc) is 2.50. The van der Waals surface area contributed by atoms with Gasteiger partial charge in [-0.05, 0) is 56.9 Å². The van der Waals surface area contributed by atoms with Crippen LogP contribution in [-0.4, -0.2) is 18.7 Å². The molecule has 4 nitrogen and oxygen atoms in total. The van der Waals surface area contributed by atoms with Crippen LogP contribution in [0.15, 0.2) is 36.4 Å². The molecule has 0 bridgehead atoms. The van der Waals surface area contributed by atoms with E-state index >= 15 is 0 Å². The van der Waals surface area contributed by atoms with Gasteiger partial charge >= 0.3 is 6.03 Å². The molecular weight excluding hydrogens is 300 g/mol. The number of rotatable bonds is 5. The zero-order valence-corrected chi connectivity index (χ0v) is 15.1. The first kappa shape index (κ1) is 17.9. The summed E-state index contributed by atoms with van der Waals surface area (Å²) in [4.78, 5) is 12.2. The van der Waals surface area contributed by atoms with Crippen molar-refractivity contribution in [2.45, 2.75) is 40.7 Å². The molecule has 1 unspecified atom stereocenters. The van der Waals surface area contributed by atoms with Gasteiger partial charge in [0.05, 0.1) is 6.04 Å². The topological polar surface area (TPSA) is 50.4 Å². The SMILES string of the molecule is Cc1cccc(C)c1NC(=O)NC(C)COc1c(C)cccc1C. The van der Waals surface area contributed by atoms with E-state index in [1.165, 1.54) is 0 Å². The maximum atomic E-state index is 12.2. The Bertz CT molecular complexity index is 685. The quantitative estimate of drug-likeness (QED) is 0.849. The Hall–Kier alpha value is -2.49. The molecule has 1 atom stereocenters. The van der Waals surface area contributed by atoms with E-state index < -0.39 is 0 Å². The summed E-state index contributed by atoms with van der Waals surface area (Å²) in [6.07, 6.45) is 0. The third-order valence-electron chi connectivity index (χ3n) is 3.98. The van der Waals surface area contributed by atoms with Crippen molar-refractivity contribution >= 4 is 11.7 Å². The molecule has 2 amide bonds. The van der Waals surface area contributed by atoms with Crippen LogP contribution in [0.4, 0.5) is 10.5 Å². The van der Waals surface area contributed by atoms with E-state index in [4.69, 9.17) is 4.74 Å². The Morgan fingerprint density at radius 2 is 1.46 bits per heavy atom. The van der Waals surface area contributed by atoms with E-state index in [0.717, 1.165) is 33.7 Å². The van der Waals surface area contributed by atoms with Crippen molar-refractivity contribution in [3.63, 3.8) is 0 Å². The second-order valence-electron chi connectivity index (χ2n) is 6.30. The second-order valence-corrected chi connectivity index (χ2v) is 6.30. The molecule has 0 saturated carbocycles. The molecule has 0 aliphatic heterocycles. The molecule has 0 fully saturated rings. The van der Waals surface area contributed by atoms with Crippen LogP contribution in [0.3, 0.4) is 0 Å². The molecule has 24 heavy (non-hydrogen) atoms. The minimum atomic E-state index is -0.218. The summed E-state index contributed by atoms with van der Waals surface area (Å²) >= 11 is 0. The minimum absolute atomic E-state index is 0.103. The number of nitrogens with one attached hydrogen (secondary N) is 2. The van der Waals surface area contributed by atoms with Crippen LogP contribution in [-0.2, 0) is 0 Å². The zero-order valence-electron chi connectivity index (χ0n) is 15.1. The third kappa shape index (κ3) is 4.51. The molecular formula is C20H26N2O2. The molecule has 0 radical (unpaired) electrons. The molecule has 4 heteroatoms. The molecule has 0 aromatic heterocycles. The first-order valence-corrected chi connectivity index (χ1v) is 8.21. The van der Waals surface area contributed by atoms with Gasteiger partial charge in [0, 0.05) is 5.69 Å². The molecule has 0 spiro atoms. The molecule has 2 rings (SSSR count). The van der Waals surface area contributed by atoms with Crippen molar-refractivity contribution in [3.05, 3.63) is 58.7 Å². The highest BCUT2D eigenvalue weighted by atomic mass is 16.5. The number of amides is 2. The lowest BCUT2D eigenvalue weighted by molar-refractivity contribution is 0.236. The van der Waals surface area contributed by atoms with Gasteiger partial charge in [-0.1, -0.05) is 36.4 Å². The standard InChI is InChI=1S/C20H26N2O2/c1-13-8-6-9-14(2)18(13)22-20(23)21-17(5)12-24-19-15(3)10-7-11-16(19)4/h6-11,17H,12H2,1-5H3,(H2,21,22,23). The van der Waals surface area contributed by atoms with Crippen molar-refractivity contribution in [1.29, 1.82) is 0 Å². The lowest BCUT2D eigenvalue weighted by atomic mass is 10.1. The number of ether oxygens (including phenoxy) is 1. The summed E-state index contributed by atoms with van der Waals surface area (Å²) in [5.41, 5.74) is 5.15. The highest BCUT2D eigenvalue weighted by molar-refractivity contribution is 5.91. The predicted molar refractivity (Wildman–Crippen MR) is 98.9 cm³/mol. The van der Waals surface area contributed by atoms with Crippen molar-refractivity contribution in [3.8, 4) is 5.75 Å². The lowest BCUT2D eigenvalue weighted by Gasteiger charge is -2.18. The van der Waals surface area contributed by atoms with Crippen LogP contribution >= 0.6 is 0 Å². The number of carbonyl (C=O) groups excluding carboxylic acids is 1. The molecule has 2 aromatic rings. The Balaban J connectivity index is 1.90. The summed E-state index contributed by atoms with van der Waals surface area (Å²) in [5, 5.41) is 5.84. The van der Waals surface area contributed by atoms with Gasteiger partial charge in [0.15, 0.2) is 0 Å². The maximum Gasteiger partial charge on any atom is 0.319 e. The summed E-state index contributed by atoms with van der Waals surface area (Å²) < 4.78 is 5.89. The number of anilines is 1. The normalized spacial score (nSPS) is 11.7. The van der Waals surface area contributed by atoms with Crippen LogP contribution in [0.5, 0.6) is 5.75 Å². The molecule has 2 N–H and O–H groups in total. The van der Waals surface area contributed by atoms with Gasteiger partial charge in [-0.2, -0.15) is 0 Å². The Morgan fingerprint density at radius 1 is 0.958 bits per heavy atom. The summed E-state index contributed by atoms with van der Waals surface area (Å²) in [7, 11) is 0. The summed E-state index contributed by atoms with van der Waals surface area (Å²) in [6.45, 7) is 10.4. The fraction of sp³-hybridized carbons (Fsp3) is 0.350. The summed E-state index contributed by atoms with van der Waals surface area (Å²) in [5.74, 6) is 0.890. The highest BCUT2D eigenvalue weighted by Crippen LogP contribution is 2.22. The van der Waals surface area contributed by atoms with Gasteiger partial charge in [-0.15, -0.1) is 0 Å². The van der Waals surface area contributed by atoms with Gasteiger partial charge in [0.25, 0.3) is 0 Å². The van der Waals surface area contributed by atoms with Gasteiger partial charge < -0.3 is 15.4 Å². The summed E-state index contributed by atoms with van der Waals surface area (Å²) in [6, 6.07) is 11.7. The first-order chi connectivity index (χ1) is 11.4. The van der Waals surface area contributed by atoms with Crippen molar-refractivity contribution in [2.75, 3.05) is 11.9 Å². The van der Waals surface area contributed by atoms with E-state index in [0.29, 0.717) is 6.61 Å². The van der Waals surface area contributed by atoms with Gasteiger partial charge in [-0.25, -0.2) is 4.79 Å². The smallest absolute Gasteiger partial charge is 0.319 e. The average molecular weight is 326 g/mol. The molecule has 0 aliphatic rings. The van der Waals surface area contributed by atoms with Crippen molar-refractivity contribution in [2.24, 2.45) is 0 Å². The first-order valence-electron chi connectivity index (χ1n) is 8.21. The third-order valence-corrected chi connectivity index (χ3v) is 3.98. The van der Waals surface area contributed by atoms with Crippen LogP contribution < -0.4 is 15.4 Å². The monoisotopic (exact) mass is 326 g/mol. The minimum Gasteiger partial charge on any atom is -0.491 e. The number of carbonyl (C=O) groups is 1. The number of para-hydroxylation sites is 2. The molecule has 2 aromatic carbocycles. The zero-order chi connectivity index (χ0) is 17.7. The Labute approximate surface area is 144 Å². The molecule has 0 aliphatic carbocycles. The fourth-order valence-electron chi connectivity index (χ4n) is 2.66. The second kappa shape index (κ2) is 7.86. The van der Waals surface area contributed by atoms with Gasteiger partial charge in [0.2, 0.25) is 0 Å². The van der Waals surface area contributed by atoms with E-state index in [9.17, 15) is 4.79 Å².